The number of H-pyrrole nitrogens is 1. The minimum atomic E-state index is 0.512. The summed E-state index contributed by atoms with van der Waals surface area (Å²) in [7, 11) is 0. The molecule has 4 heteroatoms. The molecule has 0 aliphatic heterocycles. The Balaban J connectivity index is 1.27. The van der Waals surface area contributed by atoms with Gasteiger partial charge in [0.1, 0.15) is 12.4 Å². The highest BCUT2D eigenvalue weighted by Gasteiger charge is 2.03. The van der Waals surface area contributed by atoms with Gasteiger partial charge in [0.25, 0.3) is 0 Å². The van der Waals surface area contributed by atoms with Gasteiger partial charge in [0.15, 0.2) is 0 Å². The molecule has 0 amide bonds. The number of aromatic amines is 1. The zero-order valence-corrected chi connectivity index (χ0v) is 16.4. The zero-order chi connectivity index (χ0) is 19.2. The summed E-state index contributed by atoms with van der Waals surface area (Å²) >= 11 is 6.03. The summed E-state index contributed by atoms with van der Waals surface area (Å²) in [4.78, 5) is 3.33. The molecule has 0 unspecified atom stereocenters. The normalized spacial score (nSPS) is 11.0. The Morgan fingerprint density at radius 1 is 0.893 bits per heavy atom. The van der Waals surface area contributed by atoms with Crippen LogP contribution in [-0.2, 0) is 19.6 Å². The van der Waals surface area contributed by atoms with Crippen molar-refractivity contribution in [1.29, 1.82) is 0 Å². The summed E-state index contributed by atoms with van der Waals surface area (Å²) < 4.78 is 5.91. The maximum Gasteiger partial charge on any atom is 0.120 e. The second kappa shape index (κ2) is 8.96. The van der Waals surface area contributed by atoms with Crippen LogP contribution in [0.25, 0.3) is 10.9 Å². The van der Waals surface area contributed by atoms with Crippen LogP contribution in [-0.4, -0.2) is 11.5 Å². The lowest BCUT2D eigenvalue weighted by Crippen LogP contribution is -2.16. The number of benzene rings is 3. The number of ether oxygens (including phenoxy) is 1. The molecule has 3 aromatic carbocycles. The highest BCUT2D eigenvalue weighted by molar-refractivity contribution is 6.30. The third-order valence-corrected chi connectivity index (χ3v) is 5.00. The van der Waals surface area contributed by atoms with Crippen molar-refractivity contribution in [2.45, 2.75) is 19.6 Å². The second-order valence-corrected chi connectivity index (χ2v) is 7.29. The summed E-state index contributed by atoms with van der Waals surface area (Å²) in [6.45, 7) is 2.25. The van der Waals surface area contributed by atoms with Crippen molar-refractivity contribution in [2.75, 3.05) is 6.54 Å². The third kappa shape index (κ3) is 4.75. The summed E-state index contributed by atoms with van der Waals surface area (Å²) in [6, 6.07) is 24.4. The first-order chi connectivity index (χ1) is 13.8. The first-order valence-electron chi connectivity index (χ1n) is 9.50. The van der Waals surface area contributed by atoms with E-state index < -0.39 is 0 Å². The van der Waals surface area contributed by atoms with Crippen LogP contribution in [0.15, 0.2) is 79.0 Å². The van der Waals surface area contributed by atoms with E-state index in [1.54, 1.807) is 0 Å². The fraction of sp³-hybridized carbons (Fsp3) is 0.167. The number of fused-ring (bicyclic) bond motifs is 1. The van der Waals surface area contributed by atoms with Crippen LogP contribution < -0.4 is 10.1 Å². The van der Waals surface area contributed by atoms with Crippen LogP contribution in [0, 0.1) is 0 Å². The lowest BCUT2D eigenvalue weighted by Gasteiger charge is -2.09. The summed E-state index contributed by atoms with van der Waals surface area (Å²) in [5, 5.41) is 5.56. The van der Waals surface area contributed by atoms with Gasteiger partial charge in [0.05, 0.1) is 0 Å². The van der Waals surface area contributed by atoms with Crippen LogP contribution >= 0.6 is 11.6 Å². The molecule has 0 saturated carbocycles. The van der Waals surface area contributed by atoms with Gasteiger partial charge in [-0.05, 0) is 60.0 Å². The largest absolute Gasteiger partial charge is 0.489 e. The molecule has 0 radical (unpaired) electrons. The number of hydrogen-bond donors (Lipinski definition) is 2. The molecule has 3 nitrogen and oxygen atoms in total. The Kier molecular flexibility index (Phi) is 5.95. The van der Waals surface area contributed by atoms with E-state index in [0.717, 1.165) is 35.8 Å². The van der Waals surface area contributed by atoms with Crippen LogP contribution in [0.2, 0.25) is 5.02 Å². The molecular weight excluding hydrogens is 368 g/mol. The van der Waals surface area contributed by atoms with Gasteiger partial charge in [-0.3, -0.25) is 0 Å². The third-order valence-electron chi connectivity index (χ3n) is 4.77. The molecule has 1 heterocycles. The first kappa shape index (κ1) is 18.6. The highest BCUT2D eigenvalue weighted by Crippen LogP contribution is 2.19. The fourth-order valence-corrected chi connectivity index (χ4v) is 3.55. The smallest absolute Gasteiger partial charge is 0.120 e. The van der Waals surface area contributed by atoms with Gasteiger partial charge < -0.3 is 15.0 Å². The predicted molar refractivity (Wildman–Crippen MR) is 116 cm³/mol. The minimum absolute atomic E-state index is 0.512. The van der Waals surface area contributed by atoms with Crippen LogP contribution in [0.5, 0.6) is 5.75 Å². The fourth-order valence-electron chi connectivity index (χ4n) is 3.33. The van der Waals surface area contributed by atoms with Gasteiger partial charge in [0, 0.05) is 28.7 Å². The summed E-state index contributed by atoms with van der Waals surface area (Å²) in [5.74, 6) is 0.871. The molecule has 0 aliphatic carbocycles. The molecule has 4 rings (SSSR count). The SMILES string of the molecule is Clc1cccc(COc2cccc(CNCCc3c[nH]c4ccccc34)c2)c1. The van der Waals surface area contributed by atoms with Gasteiger partial charge in [-0.1, -0.05) is 54.1 Å². The Hall–Kier alpha value is -2.75. The van der Waals surface area contributed by atoms with E-state index in [1.165, 1.54) is 22.0 Å². The van der Waals surface area contributed by atoms with Gasteiger partial charge in [-0.25, -0.2) is 0 Å². The van der Waals surface area contributed by atoms with Crippen LogP contribution in [0.1, 0.15) is 16.7 Å². The molecule has 28 heavy (non-hydrogen) atoms. The van der Waals surface area contributed by atoms with E-state index in [-0.39, 0.29) is 0 Å². The lowest BCUT2D eigenvalue weighted by molar-refractivity contribution is 0.306. The van der Waals surface area contributed by atoms with Gasteiger partial charge in [0.2, 0.25) is 0 Å². The summed E-state index contributed by atoms with van der Waals surface area (Å²) in [5.41, 5.74) is 4.82. The molecule has 1 aromatic heterocycles. The average Bonchev–Trinajstić information content (AvgIpc) is 3.13. The quantitative estimate of drug-likeness (QED) is 0.377. The molecule has 0 atom stereocenters. The van der Waals surface area contributed by atoms with E-state index in [2.05, 4.69) is 52.9 Å². The van der Waals surface area contributed by atoms with Crippen LogP contribution in [0.4, 0.5) is 0 Å². The molecule has 0 bridgehead atoms. The molecular formula is C24H23ClN2O. The van der Waals surface area contributed by atoms with E-state index >= 15 is 0 Å². The number of halogens is 1. The predicted octanol–water partition coefficient (Wildman–Crippen LogP) is 5.73. The first-order valence-corrected chi connectivity index (χ1v) is 9.87. The number of nitrogens with one attached hydrogen (secondary N) is 2. The Bertz CT molecular complexity index is 1060. The van der Waals surface area contributed by atoms with E-state index in [9.17, 15) is 0 Å². The molecule has 0 aliphatic rings. The molecule has 0 fully saturated rings. The monoisotopic (exact) mass is 390 g/mol. The number of rotatable bonds is 8. The van der Waals surface area contributed by atoms with Gasteiger partial charge >= 0.3 is 0 Å². The van der Waals surface area contributed by atoms with E-state index in [1.807, 2.05) is 36.4 Å². The Morgan fingerprint density at radius 2 is 1.75 bits per heavy atom. The molecule has 2 N–H and O–H groups in total. The van der Waals surface area contributed by atoms with Gasteiger partial charge in [-0.15, -0.1) is 0 Å². The van der Waals surface area contributed by atoms with Crippen molar-refractivity contribution in [1.82, 2.24) is 10.3 Å². The van der Waals surface area contributed by atoms with E-state index in [4.69, 9.17) is 16.3 Å². The second-order valence-electron chi connectivity index (χ2n) is 6.85. The highest BCUT2D eigenvalue weighted by atomic mass is 35.5. The maximum atomic E-state index is 6.03. The Labute approximate surface area is 170 Å². The molecule has 4 aromatic rings. The van der Waals surface area contributed by atoms with Crippen molar-refractivity contribution in [2.24, 2.45) is 0 Å². The van der Waals surface area contributed by atoms with Crippen molar-refractivity contribution >= 4 is 22.5 Å². The van der Waals surface area contributed by atoms with Crippen molar-refractivity contribution in [3.8, 4) is 5.75 Å². The van der Waals surface area contributed by atoms with Crippen molar-refractivity contribution in [3.05, 3.63) is 101 Å². The Morgan fingerprint density at radius 3 is 2.68 bits per heavy atom. The van der Waals surface area contributed by atoms with Gasteiger partial charge in [-0.2, -0.15) is 0 Å². The zero-order valence-electron chi connectivity index (χ0n) is 15.6. The minimum Gasteiger partial charge on any atom is -0.489 e. The number of para-hydroxylation sites is 1. The van der Waals surface area contributed by atoms with Crippen molar-refractivity contribution < 1.29 is 4.74 Å². The number of hydrogen-bond acceptors (Lipinski definition) is 2. The lowest BCUT2D eigenvalue weighted by atomic mass is 10.1. The van der Waals surface area contributed by atoms with Crippen molar-refractivity contribution in [3.63, 3.8) is 0 Å². The standard InChI is InChI=1S/C24H23ClN2O/c25-21-7-3-6-19(13-21)17-28-22-8-4-5-18(14-22)15-26-12-11-20-16-27-24-10-2-1-9-23(20)24/h1-10,13-14,16,26-27H,11-12,15,17H2. The summed E-state index contributed by atoms with van der Waals surface area (Å²) in [6.07, 6.45) is 3.10. The molecule has 142 valence electrons. The number of aromatic nitrogens is 1. The van der Waals surface area contributed by atoms with E-state index in [0.29, 0.717) is 6.61 Å². The average molecular weight is 391 g/mol. The van der Waals surface area contributed by atoms with Crippen LogP contribution in [0.3, 0.4) is 0 Å². The maximum absolute atomic E-state index is 6.03. The topological polar surface area (TPSA) is 37.0 Å². The molecule has 0 spiro atoms. The molecule has 0 saturated heterocycles.